The molecule has 0 bridgehead atoms. The summed E-state index contributed by atoms with van der Waals surface area (Å²) in [5, 5.41) is 8.60. The van der Waals surface area contributed by atoms with Crippen molar-refractivity contribution in [3.8, 4) is 0 Å². The molecule has 0 spiro atoms. The van der Waals surface area contributed by atoms with Gasteiger partial charge >= 0.3 is 0 Å². The van der Waals surface area contributed by atoms with Crippen LogP contribution in [0.5, 0.6) is 0 Å². The Morgan fingerprint density at radius 3 is 2.67 bits per heavy atom. The molecule has 2 fully saturated rings. The van der Waals surface area contributed by atoms with Crippen molar-refractivity contribution in [3.05, 3.63) is 0 Å². The van der Waals surface area contributed by atoms with Gasteiger partial charge in [-0.1, -0.05) is 0 Å². The van der Waals surface area contributed by atoms with E-state index in [1.54, 1.807) is 0 Å². The lowest BCUT2D eigenvalue weighted by Crippen LogP contribution is -1.88. The van der Waals surface area contributed by atoms with Crippen molar-refractivity contribution >= 4 is 0 Å². The van der Waals surface area contributed by atoms with E-state index in [4.69, 9.17) is 5.11 Å². The summed E-state index contributed by atoms with van der Waals surface area (Å²) in [5.74, 6) is 3.04. The summed E-state index contributed by atoms with van der Waals surface area (Å²) >= 11 is 0. The Bertz CT molecular complexity index is 107. The van der Waals surface area contributed by atoms with Gasteiger partial charge in [0.25, 0.3) is 0 Å². The van der Waals surface area contributed by atoms with Gasteiger partial charge in [0.15, 0.2) is 0 Å². The van der Waals surface area contributed by atoms with Crippen LogP contribution in [0, 0.1) is 17.8 Å². The van der Waals surface area contributed by atoms with Gasteiger partial charge in [-0.05, 0) is 43.4 Å². The lowest BCUT2D eigenvalue weighted by Gasteiger charge is -1.91. The minimum absolute atomic E-state index is 0.411. The van der Waals surface area contributed by atoms with Gasteiger partial charge in [-0.15, -0.1) is 0 Å². The van der Waals surface area contributed by atoms with Crippen LogP contribution < -0.4 is 0 Å². The second kappa shape index (κ2) is 1.98. The van der Waals surface area contributed by atoms with Gasteiger partial charge in [0.1, 0.15) is 0 Å². The van der Waals surface area contributed by atoms with Gasteiger partial charge in [-0.2, -0.15) is 0 Å². The second-order valence-corrected chi connectivity index (χ2v) is 3.51. The Morgan fingerprint density at radius 2 is 2.11 bits per heavy atom. The molecule has 0 unspecified atom stereocenters. The number of rotatable bonds is 3. The Balaban J connectivity index is 1.69. The molecule has 9 heavy (non-hydrogen) atoms. The number of hydrogen-bond acceptors (Lipinski definition) is 1. The normalized spacial score (nSPS) is 41.0. The van der Waals surface area contributed by atoms with Crippen molar-refractivity contribution in [1.29, 1.82) is 0 Å². The average molecular weight is 126 g/mol. The number of aliphatic hydroxyl groups is 1. The summed E-state index contributed by atoms with van der Waals surface area (Å²) in [7, 11) is 0. The molecule has 52 valence electrons. The maximum atomic E-state index is 8.60. The van der Waals surface area contributed by atoms with Crippen LogP contribution in [-0.4, -0.2) is 11.7 Å². The molecule has 0 aromatic carbocycles. The summed E-state index contributed by atoms with van der Waals surface area (Å²) in [6.07, 6.45) is 5.45. The molecular weight excluding hydrogens is 112 g/mol. The first-order valence-corrected chi connectivity index (χ1v) is 4.02. The third kappa shape index (κ3) is 1.11. The molecule has 2 atom stereocenters. The quantitative estimate of drug-likeness (QED) is 0.606. The van der Waals surface area contributed by atoms with Crippen molar-refractivity contribution in [1.82, 2.24) is 0 Å². The lowest BCUT2D eigenvalue weighted by atomic mass is 10.2. The van der Waals surface area contributed by atoms with Gasteiger partial charge < -0.3 is 5.11 Å². The molecule has 0 aliphatic heterocycles. The fraction of sp³-hybridized carbons (Fsp3) is 1.00. The summed E-state index contributed by atoms with van der Waals surface area (Å²) in [5.41, 5.74) is 0. The highest BCUT2D eigenvalue weighted by Crippen LogP contribution is 2.55. The van der Waals surface area contributed by atoms with Gasteiger partial charge in [0, 0.05) is 6.61 Å². The van der Waals surface area contributed by atoms with Crippen LogP contribution in [-0.2, 0) is 0 Å². The topological polar surface area (TPSA) is 20.2 Å². The fourth-order valence-corrected chi connectivity index (χ4v) is 1.87. The molecule has 1 nitrogen and oxygen atoms in total. The van der Waals surface area contributed by atoms with E-state index in [2.05, 4.69) is 0 Å². The zero-order valence-electron chi connectivity index (χ0n) is 5.71. The standard InChI is InChI=1S/C8H14O/c9-4-3-7-5-8(7)6-1-2-6/h6-9H,1-5H2/t7-,8+/m0/s1. The van der Waals surface area contributed by atoms with Gasteiger partial charge in [-0.25, -0.2) is 0 Å². The summed E-state index contributed by atoms with van der Waals surface area (Å²) in [6.45, 7) is 0.411. The molecule has 2 saturated carbocycles. The third-order valence-electron chi connectivity index (χ3n) is 2.70. The molecule has 2 aliphatic carbocycles. The summed E-state index contributed by atoms with van der Waals surface area (Å²) in [6, 6.07) is 0. The predicted octanol–water partition coefficient (Wildman–Crippen LogP) is 1.41. The van der Waals surface area contributed by atoms with Crippen LogP contribution >= 0.6 is 0 Å². The molecule has 2 rings (SSSR count). The van der Waals surface area contributed by atoms with Crippen LogP contribution in [0.3, 0.4) is 0 Å². The monoisotopic (exact) mass is 126 g/mol. The van der Waals surface area contributed by atoms with Crippen molar-refractivity contribution in [2.45, 2.75) is 25.7 Å². The largest absolute Gasteiger partial charge is 0.396 e. The zero-order chi connectivity index (χ0) is 6.27. The molecule has 0 saturated heterocycles. The Labute approximate surface area is 56.1 Å². The molecule has 0 amide bonds. The predicted molar refractivity (Wildman–Crippen MR) is 36.0 cm³/mol. The van der Waals surface area contributed by atoms with Gasteiger partial charge in [0.05, 0.1) is 0 Å². The van der Waals surface area contributed by atoms with Gasteiger partial charge in [-0.3, -0.25) is 0 Å². The van der Waals surface area contributed by atoms with E-state index < -0.39 is 0 Å². The number of aliphatic hydroxyl groups excluding tert-OH is 1. The van der Waals surface area contributed by atoms with E-state index in [0.29, 0.717) is 6.61 Å². The highest BCUT2D eigenvalue weighted by atomic mass is 16.3. The molecule has 1 N–H and O–H groups in total. The minimum Gasteiger partial charge on any atom is -0.396 e. The van der Waals surface area contributed by atoms with Crippen molar-refractivity contribution < 1.29 is 5.11 Å². The highest BCUT2D eigenvalue weighted by Gasteiger charge is 2.46. The van der Waals surface area contributed by atoms with Crippen molar-refractivity contribution in [3.63, 3.8) is 0 Å². The second-order valence-electron chi connectivity index (χ2n) is 3.51. The van der Waals surface area contributed by atoms with Crippen LogP contribution in [0.15, 0.2) is 0 Å². The van der Waals surface area contributed by atoms with Crippen LogP contribution in [0.4, 0.5) is 0 Å². The Hall–Kier alpha value is -0.0400. The van der Waals surface area contributed by atoms with E-state index in [0.717, 1.165) is 24.2 Å². The first kappa shape index (κ1) is 5.72. The molecule has 0 radical (unpaired) electrons. The maximum absolute atomic E-state index is 8.60. The van der Waals surface area contributed by atoms with E-state index >= 15 is 0 Å². The van der Waals surface area contributed by atoms with Crippen molar-refractivity contribution in [2.24, 2.45) is 17.8 Å². The van der Waals surface area contributed by atoms with Crippen LogP contribution in [0.25, 0.3) is 0 Å². The molecule has 0 aromatic rings. The smallest absolute Gasteiger partial charge is 0.0433 e. The molecule has 2 aliphatic rings. The molecule has 0 heterocycles. The lowest BCUT2D eigenvalue weighted by molar-refractivity contribution is 0.276. The first-order valence-electron chi connectivity index (χ1n) is 4.02. The molecule has 1 heteroatoms. The van der Waals surface area contributed by atoms with E-state index in [1.165, 1.54) is 19.3 Å². The van der Waals surface area contributed by atoms with E-state index in [9.17, 15) is 0 Å². The molecular formula is C8H14O. The van der Waals surface area contributed by atoms with Crippen molar-refractivity contribution in [2.75, 3.05) is 6.61 Å². The third-order valence-corrected chi connectivity index (χ3v) is 2.70. The summed E-state index contributed by atoms with van der Waals surface area (Å²) < 4.78 is 0. The SMILES string of the molecule is OCC[C@H]1C[C@@H]1C1CC1. The Morgan fingerprint density at radius 1 is 1.33 bits per heavy atom. The first-order chi connectivity index (χ1) is 4.42. The van der Waals surface area contributed by atoms with E-state index in [1.807, 2.05) is 0 Å². The highest BCUT2D eigenvalue weighted by molar-refractivity contribution is 4.96. The minimum atomic E-state index is 0.411. The number of hydrogen-bond donors (Lipinski definition) is 1. The summed E-state index contributed by atoms with van der Waals surface area (Å²) in [4.78, 5) is 0. The van der Waals surface area contributed by atoms with Crippen LogP contribution in [0.2, 0.25) is 0 Å². The average Bonchev–Trinajstić information content (AvgIpc) is 2.58. The maximum Gasteiger partial charge on any atom is 0.0433 e. The van der Waals surface area contributed by atoms with Crippen LogP contribution in [0.1, 0.15) is 25.7 Å². The molecule has 0 aromatic heterocycles. The Kier molecular flexibility index (Phi) is 1.26. The fourth-order valence-electron chi connectivity index (χ4n) is 1.87. The van der Waals surface area contributed by atoms with Gasteiger partial charge in [0.2, 0.25) is 0 Å². The van der Waals surface area contributed by atoms with E-state index in [-0.39, 0.29) is 0 Å². The zero-order valence-corrected chi connectivity index (χ0v) is 5.71.